The highest BCUT2D eigenvalue weighted by molar-refractivity contribution is 6.12. The van der Waals surface area contributed by atoms with Gasteiger partial charge in [-0.05, 0) is 30.3 Å². The maximum Gasteiger partial charge on any atom is 0.205 e. The quantitative estimate of drug-likeness (QED) is 0.619. The molecule has 5 heteroatoms. The molecule has 2 aromatic rings. The molecular formula is C13H8F2O3. The van der Waals surface area contributed by atoms with Gasteiger partial charge in [0.2, 0.25) is 5.78 Å². The van der Waals surface area contributed by atoms with Gasteiger partial charge in [-0.2, -0.15) is 0 Å². The Labute approximate surface area is 101 Å². The van der Waals surface area contributed by atoms with Gasteiger partial charge < -0.3 is 4.42 Å². The van der Waals surface area contributed by atoms with E-state index in [1.807, 2.05) is 0 Å². The summed E-state index contributed by atoms with van der Waals surface area (Å²) < 4.78 is 30.4. The number of Topliss-reactive ketones (excluding diaryl/α,β-unsaturated/α-hetero) is 2. The Balaban J connectivity index is 2.12. The molecule has 0 aliphatic rings. The van der Waals surface area contributed by atoms with E-state index in [-0.39, 0.29) is 11.3 Å². The van der Waals surface area contributed by atoms with Crippen molar-refractivity contribution < 1.29 is 22.8 Å². The molecule has 18 heavy (non-hydrogen) atoms. The number of halogens is 2. The van der Waals surface area contributed by atoms with E-state index in [9.17, 15) is 18.4 Å². The zero-order valence-corrected chi connectivity index (χ0v) is 9.15. The minimum atomic E-state index is -1.12. The summed E-state index contributed by atoms with van der Waals surface area (Å²) in [6.07, 6.45) is 0.869. The summed E-state index contributed by atoms with van der Waals surface area (Å²) in [6, 6.07) is 5.71. The number of carbonyl (C=O) groups excluding carboxylic acids is 2. The first kappa shape index (κ1) is 12.2. The van der Waals surface area contributed by atoms with Crippen molar-refractivity contribution in [2.75, 3.05) is 0 Å². The highest BCUT2D eigenvalue weighted by Gasteiger charge is 2.16. The van der Waals surface area contributed by atoms with Crippen molar-refractivity contribution in [1.29, 1.82) is 0 Å². The third kappa shape index (κ3) is 2.51. The SMILES string of the molecule is O=C(CC(=O)c1ccco1)c1ccc(F)c(F)c1. The van der Waals surface area contributed by atoms with Crippen molar-refractivity contribution >= 4 is 11.6 Å². The number of hydrogen-bond acceptors (Lipinski definition) is 3. The third-order valence-corrected chi connectivity index (χ3v) is 2.36. The molecule has 2 rings (SSSR count). The van der Waals surface area contributed by atoms with Gasteiger partial charge in [0.1, 0.15) is 0 Å². The number of hydrogen-bond donors (Lipinski definition) is 0. The average Bonchev–Trinajstić information content (AvgIpc) is 2.86. The van der Waals surface area contributed by atoms with E-state index in [0.717, 1.165) is 18.2 Å². The molecule has 0 aliphatic carbocycles. The summed E-state index contributed by atoms with van der Waals surface area (Å²) >= 11 is 0. The highest BCUT2D eigenvalue weighted by Crippen LogP contribution is 2.12. The average molecular weight is 250 g/mol. The molecule has 1 heterocycles. The molecule has 0 N–H and O–H groups in total. The lowest BCUT2D eigenvalue weighted by Crippen LogP contribution is -2.08. The van der Waals surface area contributed by atoms with Crippen molar-refractivity contribution in [1.82, 2.24) is 0 Å². The predicted molar refractivity (Wildman–Crippen MR) is 58.3 cm³/mol. The van der Waals surface area contributed by atoms with Crippen LogP contribution in [0.5, 0.6) is 0 Å². The largest absolute Gasteiger partial charge is 0.461 e. The van der Waals surface area contributed by atoms with Crippen molar-refractivity contribution in [2.45, 2.75) is 6.42 Å². The Morgan fingerprint density at radius 3 is 2.44 bits per heavy atom. The lowest BCUT2D eigenvalue weighted by Gasteiger charge is -2.00. The second-order valence-corrected chi connectivity index (χ2v) is 3.63. The number of furan rings is 1. The van der Waals surface area contributed by atoms with Gasteiger partial charge in [-0.25, -0.2) is 8.78 Å². The van der Waals surface area contributed by atoms with Crippen LogP contribution in [-0.2, 0) is 0 Å². The fourth-order valence-electron chi connectivity index (χ4n) is 1.44. The van der Waals surface area contributed by atoms with Gasteiger partial charge in [0.05, 0.1) is 12.7 Å². The summed E-state index contributed by atoms with van der Waals surface area (Å²) in [4.78, 5) is 23.2. The van der Waals surface area contributed by atoms with Crippen LogP contribution >= 0.6 is 0 Å². The number of rotatable bonds is 4. The fourth-order valence-corrected chi connectivity index (χ4v) is 1.44. The molecular weight excluding hydrogens is 242 g/mol. The van der Waals surface area contributed by atoms with E-state index in [0.29, 0.717) is 0 Å². The summed E-state index contributed by atoms with van der Waals surface area (Å²) in [6.45, 7) is 0. The zero-order chi connectivity index (χ0) is 13.1. The molecule has 0 aliphatic heterocycles. The van der Waals surface area contributed by atoms with Gasteiger partial charge in [0.25, 0.3) is 0 Å². The van der Waals surface area contributed by atoms with Crippen LogP contribution in [0.15, 0.2) is 41.0 Å². The van der Waals surface area contributed by atoms with Crippen molar-refractivity contribution in [3.8, 4) is 0 Å². The molecule has 0 bridgehead atoms. The molecule has 0 amide bonds. The lowest BCUT2D eigenvalue weighted by molar-refractivity contribution is 0.0878. The maximum atomic E-state index is 12.9. The van der Waals surface area contributed by atoms with Crippen LogP contribution in [0.4, 0.5) is 8.78 Å². The number of ketones is 2. The van der Waals surface area contributed by atoms with Crippen LogP contribution in [0.1, 0.15) is 27.3 Å². The highest BCUT2D eigenvalue weighted by atomic mass is 19.2. The van der Waals surface area contributed by atoms with Gasteiger partial charge in [-0.15, -0.1) is 0 Å². The second kappa shape index (κ2) is 4.91. The molecule has 3 nitrogen and oxygen atoms in total. The molecule has 1 aromatic carbocycles. The van der Waals surface area contributed by atoms with E-state index in [4.69, 9.17) is 4.42 Å². The monoisotopic (exact) mass is 250 g/mol. The topological polar surface area (TPSA) is 47.3 Å². The lowest BCUT2D eigenvalue weighted by atomic mass is 10.0. The first-order chi connectivity index (χ1) is 8.58. The standard InChI is InChI=1S/C13H8F2O3/c14-9-4-3-8(6-10(9)15)11(16)7-12(17)13-2-1-5-18-13/h1-6H,7H2. The van der Waals surface area contributed by atoms with E-state index in [1.54, 1.807) is 0 Å². The van der Waals surface area contributed by atoms with Crippen LogP contribution in [0.2, 0.25) is 0 Å². The van der Waals surface area contributed by atoms with Crippen LogP contribution in [0.3, 0.4) is 0 Å². The van der Waals surface area contributed by atoms with Crippen molar-refractivity contribution in [3.05, 3.63) is 59.6 Å². The molecule has 92 valence electrons. The molecule has 0 radical (unpaired) electrons. The predicted octanol–water partition coefficient (Wildman–Crippen LogP) is 3.01. The molecule has 0 spiro atoms. The van der Waals surface area contributed by atoms with Crippen LogP contribution < -0.4 is 0 Å². The minimum Gasteiger partial charge on any atom is -0.461 e. The summed E-state index contributed by atoms with van der Waals surface area (Å²) in [5, 5.41) is 0. The second-order valence-electron chi connectivity index (χ2n) is 3.63. The van der Waals surface area contributed by atoms with E-state index < -0.39 is 29.6 Å². The zero-order valence-electron chi connectivity index (χ0n) is 9.15. The Morgan fingerprint density at radius 2 is 1.83 bits per heavy atom. The smallest absolute Gasteiger partial charge is 0.205 e. The minimum absolute atomic E-state index is 0.0474. The van der Waals surface area contributed by atoms with E-state index in [1.165, 1.54) is 18.4 Å². The van der Waals surface area contributed by atoms with Gasteiger partial charge in [0.15, 0.2) is 23.2 Å². The summed E-state index contributed by atoms with van der Waals surface area (Å²) in [5.41, 5.74) is -0.0474. The van der Waals surface area contributed by atoms with Gasteiger partial charge >= 0.3 is 0 Å². The normalized spacial score (nSPS) is 10.3. The van der Waals surface area contributed by atoms with Crippen molar-refractivity contribution in [3.63, 3.8) is 0 Å². The van der Waals surface area contributed by atoms with E-state index in [2.05, 4.69) is 0 Å². The molecule has 0 atom stereocenters. The first-order valence-corrected chi connectivity index (χ1v) is 5.13. The third-order valence-electron chi connectivity index (χ3n) is 2.36. The molecule has 0 fully saturated rings. The Hall–Kier alpha value is -2.30. The molecule has 0 unspecified atom stereocenters. The Morgan fingerprint density at radius 1 is 1.06 bits per heavy atom. The first-order valence-electron chi connectivity index (χ1n) is 5.13. The molecule has 0 saturated carbocycles. The van der Waals surface area contributed by atoms with Gasteiger partial charge in [-0.3, -0.25) is 9.59 Å². The maximum absolute atomic E-state index is 12.9. The number of carbonyl (C=O) groups is 2. The fraction of sp³-hybridized carbons (Fsp3) is 0.0769. The van der Waals surface area contributed by atoms with E-state index >= 15 is 0 Å². The van der Waals surface area contributed by atoms with Crippen molar-refractivity contribution in [2.24, 2.45) is 0 Å². The molecule has 1 aromatic heterocycles. The van der Waals surface area contributed by atoms with Crippen LogP contribution in [0.25, 0.3) is 0 Å². The Kier molecular flexibility index (Phi) is 3.32. The molecule has 0 saturated heterocycles. The Bertz CT molecular complexity index is 588. The summed E-state index contributed by atoms with van der Waals surface area (Å²) in [7, 11) is 0. The number of benzene rings is 1. The van der Waals surface area contributed by atoms with Crippen LogP contribution in [-0.4, -0.2) is 11.6 Å². The van der Waals surface area contributed by atoms with Crippen LogP contribution in [0, 0.1) is 11.6 Å². The summed E-state index contributed by atoms with van der Waals surface area (Å²) in [5.74, 6) is -3.19. The van der Waals surface area contributed by atoms with Gasteiger partial charge in [0, 0.05) is 5.56 Å². The van der Waals surface area contributed by atoms with Gasteiger partial charge in [-0.1, -0.05) is 0 Å².